The molecule has 2 aromatic heterocycles. The van der Waals surface area contributed by atoms with Crippen LogP contribution >= 0.6 is 7.82 Å². The van der Waals surface area contributed by atoms with Crippen LogP contribution in [0.2, 0.25) is 0 Å². The van der Waals surface area contributed by atoms with Crippen molar-refractivity contribution < 1.29 is 54.8 Å². The number of hydrogen-bond donors (Lipinski definition) is 0. The maximum atomic E-state index is 16.2. The van der Waals surface area contributed by atoms with E-state index in [9.17, 15) is 27.3 Å². The fraction of sp³-hybridized carbons (Fsp3) is 0.259. The Bertz CT molecular complexity index is 3340. The lowest BCUT2D eigenvalue weighted by atomic mass is 9.96. The van der Waals surface area contributed by atoms with Gasteiger partial charge < -0.3 is 9.47 Å². The number of phosphoric acid groups is 1. The Labute approximate surface area is 432 Å². The second-order valence-electron chi connectivity index (χ2n) is 18.7. The molecule has 0 spiro atoms. The molecule has 3 heterocycles. The number of phosphoric ester groups is 1. The molecular weight excluding hydrogens is 988 g/mol. The lowest BCUT2D eigenvalue weighted by molar-refractivity contribution is -0.137. The minimum Gasteiger partial charge on any atom is -0.424 e. The average Bonchev–Trinajstić information content (AvgIpc) is 4.11. The Morgan fingerprint density at radius 3 is 1.89 bits per heavy atom. The number of alkyl halides is 3. The number of benzene rings is 6. The van der Waals surface area contributed by atoms with Gasteiger partial charge in [0.15, 0.2) is 0 Å². The first-order valence-corrected chi connectivity index (χ1v) is 25.9. The molecule has 0 amide bonds. The summed E-state index contributed by atoms with van der Waals surface area (Å²) in [5.41, 5.74) is 7.88. The van der Waals surface area contributed by atoms with Crippen molar-refractivity contribution >= 4 is 30.8 Å². The molecule has 8 aromatic rings. The standard InChI is InChI=1S/C58H55F4N4O8P/c1-6-42-19-14-20-43(7-2)51(42)66-52(49-33-64(57(4,5)54(49)63-66)32-45-25-26-46(31-38(45)3)58(60,61)62)47-27-28-50(59)53-48(47)29-30-65(53)56(68)71-37-70-55(67)44-23-21-41(22-24-44)36-74-75(69,72-34-39-15-10-8-11-16-39)73-35-40-17-12-9-13-18-40/h8-31H,6-7,32-37H2,1-5H3. The molecule has 12 nitrogen and oxygen atoms in total. The van der Waals surface area contributed by atoms with Crippen molar-refractivity contribution in [3.8, 4) is 16.9 Å². The lowest BCUT2D eigenvalue weighted by Crippen LogP contribution is -2.36. The Balaban J connectivity index is 0.921. The Hall–Kier alpha value is -7.20. The number of aromatic nitrogens is 3. The Morgan fingerprint density at radius 2 is 1.32 bits per heavy atom. The zero-order valence-corrected chi connectivity index (χ0v) is 42.9. The van der Waals surface area contributed by atoms with Crippen LogP contribution in [-0.4, -0.2) is 38.1 Å². The molecule has 0 N–H and O–H groups in total. The molecule has 1 aliphatic heterocycles. The summed E-state index contributed by atoms with van der Waals surface area (Å²) in [6.07, 6.45) is -2.68. The zero-order valence-electron chi connectivity index (χ0n) is 42.0. The van der Waals surface area contributed by atoms with Gasteiger partial charge in [0.1, 0.15) is 5.82 Å². The van der Waals surface area contributed by atoms with Crippen molar-refractivity contribution in [3.05, 3.63) is 213 Å². The van der Waals surface area contributed by atoms with Gasteiger partial charge in [-0.05, 0) is 115 Å². The van der Waals surface area contributed by atoms with E-state index < -0.39 is 49.8 Å². The van der Waals surface area contributed by atoms with Crippen molar-refractivity contribution in [1.82, 2.24) is 19.2 Å². The first-order valence-electron chi connectivity index (χ1n) is 24.5. The van der Waals surface area contributed by atoms with E-state index in [0.29, 0.717) is 53.7 Å². The largest absolute Gasteiger partial charge is 0.475 e. The van der Waals surface area contributed by atoms with Gasteiger partial charge in [-0.15, -0.1) is 0 Å². The molecule has 0 radical (unpaired) electrons. The molecule has 1 aliphatic rings. The van der Waals surface area contributed by atoms with Crippen molar-refractivity contribution in [2.24, 2.45) is 0 Å². The van der Waals surface area contributed by atoms with Crippen LogP contribution in [-0.2, 0) is 85.1 Å². The van der Waals surface area contributed by atoms with E-state index in [2.05, 4.69) is 30.9 Å². The third-order valence-corrected chi connectivity index (χ3v) is 14.9. The summed E-state index contributed by atoms with van der Waals surface area (Å²) in [7, 11) is -4.07. The van der Waals surface area contributed by atoms with Crippen molar-refractivity contribution in [2.45, 2.75) is 92.1 Å². The van der Waals surface area contributed by atoms with Gasteiger partial charge in [-0.1, -0.05) is 111 Å². The molecule has 0 aliphatic carbocycles. The predicted molar refractivity (Wildman–Crippen MR) is 275 cm³/mol. The molecule has 388 valence electrons. The zero-order chi connectivity index (χ0) is 53.1. The summed E-state index contributed by atoms with van der Waals surface area (Å²) in [6, 6.07) is 38.9. The number of carbonyl (C=O) groups is 2. The quantitative estimate of drug-likeness (QED) is 0.0355. The van der Waals surface area contributed by atoms with Crippen LogP contribution in [0, 0.1) is 12.7 Å². The van der Waals surface area contributed by atoms with Gasteiger partial charge in [0, 0.05) is 35.8 Å². The van der Waals surface area contributed by atoms with Crippen LogP contribution in [0.1, 0.15) is 93.8 Å². The van der Waals surface area contributed by atoms with E-state index in [4.69, 9.17) is 28.1 Å². The van der Waals surface area contributed by atoms with Gasteiger partial charge in [-0.2, -0.15) is 18.3 Å². The minimum absolute atomic E-state index is 0.0140. The highest BCUT2D eigenvalue weighted by molar-refractivity contribution is 7.48. The normalized spacial score (nSPS) is 13.6. The number of halogens is 4. The first-order chi connectivity index (χ1) is 36.0. The van der Waals surface area contributed by atoms with E-state index in [0.717, 1.165) is 55.4 Å². The summed E-state index contributed by atoms with van der Waals surface area (Å²) in [5, 5.41) is 5.72. The van der Waals surface area contributed by atoms with Gasteiger partial charge in [0.25, 0.3) is 0 Å². The van der Waals surface area contributed by atoms with Crippen LogP contribution in [0.15, 0.2) is 146 Å². The Morgan fingerprint density at radius 1 is 0.720 bits per heavy atom. The molecule has 9 rings (SSSR count). The number of esters is 1. The summed E-state index contributed by atoms with van der Waals surface area (Å²) >= 11 is 0. The van der Waals surface area contributed by atoms with Crippen molar-refractivity contribution in [3.63, 3.8) is 0 Å². The van der Waals surface area contributed by atoms with Crippen molar-refractivity contribution in [1.29, 1.82) is 0 Å². The number of fused-ring (bicyclic) bond motifs is 2. The van der Waals surface area contributed by atoms with Crippen LogP contribution in [0.4, 0.5) is 22.4 Å². The number of carbonyl (C=O) groups excluding carboxylic acids is 2. The minimum atomic E-state index is -4.47. The second-order valence-corrected chi connectivity index (χ2v) is 20.4. The highest BCUT2D eigenvalue weighted by atomic mass is 31.2. The fourth-order valence-electron chi connectivity index (χ4n) is 9.39. The van der Waals surface area contributed by atoms with Gasteiger partial charge in [0.2, 0.25) is 6.79 Å². The van der Waals surface area contributed by atoms with Crippen LogP contribution in [0.3, 0.4) is 0 Å². The summed E-state index contributed by atoms with van der Waals surface area (Å²) in [5.74, 6) is -1.51. The molecule has 0 atom stereocenters. The van der Waals surface area contributed by atoms with E-state index in [1.54, 1.807) is 31.2 Å². The van der Waals surface area contributed by atoms with Crippen LogP contribution < -0.4 is 0 Å². The van der Waals surface area contributed by atoms with E-state index in [-0.39, 0.29) is 30.9 Å². The molecule has 0 bridgehead atoms. The first kappa shape index (κ1) is 52.7. The summed E-state index contributed by atoms with van der Waals surface area (Å²) in [6.45, 7) is 9.59. The lowest BCUT2D eigenvalue weighted by Gasteiger charge is -2.32. The smallest absolute Gasteiger partial charge is 0.424 e. The van der Waals surface area contributed by atoms with E-state index in [1.807, 2.05) is 85.3 Å². The maximum Gasteiger partial charge on any atom is 0.475 e. The second kappa shape index (κ2) is 21.9. The number of rotatable bonds is 18. The Kier molecular flexibility index (Phi) is 15.4. The molecular formula is C58H55F4N4O8P. The number of nitrogens with zero attached hydrogens (tertiary/aromatic N) is 4. The SMILES string of the molecule is CCc1cccc(CC)c1-n1nc2c(c1-c1ccc(F)c3c1ccn3C(=O)OCOC(=O)c1ccc(COP(=O)(OCc3ccccc3)OCc3ccccc3)cc1)CN(Cc1ccc(C(F)(F)F)cc1C)C2(C)C. The highest BCUT2D eigenvalue weighted by Gasteiger charge is 2.44. The van der Waals surface area contributed by atoms with Gasteiger partial charge in [-0.25, -0.2) is 27.8 Å². The van der Waals surface area contributed by atoms with E-state index >= 15 is 4.39 Å². The number of para-hydroxylation sites is 1. The number of hydrogen-bond acceptors (Lipinski definition) is 10. The summed E-state index contributed by atoms with van der Waals surface area (Å²) < 4.78 is 102. The monoisotopic (exact) mass is 1040 g/mol. The van der Waals surface area contributed by atoms with Crippen molar-refractivity contribution in [2.75, 3.05) is 6.79 Å². The average molecular weight is 1040 g/mol. The molecule has 0 unspecified atom stereocenters. The van der Waals surface area contributed by atoms with Gasteiger partial charge >= 0.3 is 26.1 Å². The molecule has 0 saturated carbocycles. The molecule has 17 heteroatoms. The van der Waals surface area contributed by atoms with Gasteiger partial charge in [-0.3, -0.25) is 18.5 Å². The van der Waals surface area contributed by atoms with Gasteiger partial charge in [0.05, 0.1) is 59.1 Å². The molecule has 6 aromatic carbocycles. The topological polar surface area (TPSA) is 123 Å². The third-order valence-electron chi connectivity index (χ3n) is 13.6. The number of aryl methyl sites for hydroxylation is 3. The third kappa shape index (κ3) is 11.3. The molecule has 0 saturated heterocycles. The molecule has 0 fully saturated rings. The molecule has 75 heavy (non-hydrogen) atoms. The van der Waals surface area contributed by atoms with Crippen LogP contribution in [0.25, 0.3) is 27.8 Å². The number of ether oxygens (including phenoxy) is 2. The maximum absolute atomic E-state index is 16.2. The summed E-state index contributed by atoms with van der Waals surface area (Å²) in [4.78, 5) is 29.0. The fourth-order valence-corrected chi connectivity index (χ4v) is 10.5. The predicted octanol–water partition coefficient (Wildman–Crippen LogP) is 14.2. The van der Waals surface area contributed by atoms with E-state index in [1.165, 1.54) is 36.5 Å². The van der Waals surface area contributed by atoms with Crippen LogP contribution in [0.5, 0.6) is 0 Å². The highest BCUT2D eigenvalue weighted by Crippen LogP contribution is 2.52.